The molecule has 3 aromatic rings. The Balaban J connectivity index is 1.61. The number of pyridine rings is 1. The van der Waals surface area contributed by atoms with Gasteiger partial charge < -0.3 is 29.9 Å². The van der Waals surface area contributed by atoms with E-state index in [-0.39, 0.29) is 6.61 Å². The van der Waals surface area contributed by atoms with Crippen LogP contribution in [-0.4, -0.2) is 54.8 Å². The Hall–Kier alpha value is -2.52. The van der Waals surface area contributed by atoms with E-state index in [0.717, 1.165) is 5.56 Å². The van der Waals surface area contributed by atoms with Crippen LogP contribution < -0.4 is 5.32 Å². The molecule has 1 aliphatic heterocycles. The molecule has 4 atom stereocenters. The predicted octanol–water partition coefficient (Wildman–Crippen LogP) is 0.655. The summed E-state index contributed by atoms with van der Waals surface area (Å²) in [6, 6.07) is 11.7. The lowest BCUT2D eigenvalue weighted by atomic mass is 10.1. The summed E-state index contributed by atoms with van der Waals surface area (Å²) >= 11 is 0. The third-order valence-electron chi connectivity index (χ3n) is 4.59. The fourth-order valence-electron chi connectivity index (χ4n) is 3.19. The molecular formula is C18H20N4O4. The van der Waals surface area contributed by atoms with E-state index in [2.05, 4.69) is 15.3 Å². The van der Waals surface area contributed by atoms with Gasteiger partial charge in [0.05, 0.1) is 18.5 Å². The summed E-state index contributed by atoms with van der Waals surface area (Å²) in [5.41, 5.74) is 2.47. The number of ether oxygens (including phenoxy) is 1. The number of aromatic nitrogens is 3. The number of imidazole rings is 1. The minimum Gasteiger partial charge on any atom is -0.394 e. The monoisotopic (exact) mass is 356 g/mol. The van der Waals surface area contributed by atoms with Crippen LogP contribution in [0.25, 0.3) is 11.0 Å². The van der Waals surface area contributed by atoms with E-state index in [1.165, 1.54) is 0 Å². The molecule has 1 saturated heterocycles. The molecule has 3 unspecified atom stereocenters. The lowest BCUT2D eigenvalue weighted by molar-refractivity contribution is -0.0508. The number of fused-ring (bicyclic) bond motifs is 1. The van der Waals surface area contributed by atoms with Crippen LogP contribution in [-0.2, 0) is 11.3 Å². The molecule has 0 saturated carbocycles. The molecule has 4 rings (SSSR count). The fourth-order valence-corrected chi connectivity index (χ4v) is 3.19. The Labute approximate surface area is 149 Å². The molecule has 136 valence electrons. The number of rotatable bonds is 5. The normalized spacial score (nSPS) is 25.7. The van der Waals surface area contributed by atoms with Crippen LogP contribution in [0.5, 0.6) is 0 Å². The minimum absolute atomic E-state index is 0.368. The number of aliphatic hydroxyl groups excluding tert-OH is 3. The summed E-state index contributed by atoms with van der Waals surface area (Å²) in [5.74, 6) is 0.622. The van der Waals surface area contributed by atoms with Gasteiger partial charge in [0.15, 0.2) is 12.0 Å². The van der Waals surface area contributed by atoms with Gasteiger partial charge in [-0.1, -0.05) is 30.3 Å². The maximum atomic E-state index is 10.2. The van der Waals surface area contributed by atoms with Gasteiger partial charge >= 0.3 is 0 Å². The molecule has 8 nitrogen and oxygen atoms in total. The van der Waals surface area contributed by atoms with E-state index in [0.29, 0.717) is 23.4 Å². The molecule has 0 aliphatic carbocycles. The molecular weight excluding hydrogens is 336 g/mol. The van der Waals surface area contributed by atoms with Crippen LogP contribution in [0.15, 0.2) is 48.9 Å². The van der Waals surface area contributed by atoms with Crippen LogP contribution >= 0.6 is 0 Å². The molecule has 1 fully saturated rings. The zero-order valence-corrected chi connectivity index (χ0v) is 13.9. The lowest BCUT2D eigenvalue weighted by Crippen LogP contribution is -2.33. The first kappa shape index (κ1) is 16.9. The predicted molar refractivity (Wildman–Crippen MR) is 94.3 cm³/mol. The van der Waals surface area contributed by atoms with Gasteiger partial charge in [0, 0.05) is 12.7 Å². The molecule has 0 radical (unpaired) electrons. The molecule has 2 aromatic heterocycles. The second-order valence-corrected chi connectivity index (χ2v) is 6.25. The highest BCUT2D eigenvalue weighted by Gasteiger charge is 2.43. The van der Waals surface area contributed by atoms with Crippen LogP contribution in [0.3, 0.4) is 0 Å². The Morgan fingerprint density at radius 1 is 1.08 bits per heavy atom. The molecule has 3 heterocycles. The lowest BCUT2D eigenvalue weighted by Gasteiger charge is -2.17. The SMILES string of the molecule is OC[C@H]1OC(n2cnc3c(NCc4ccccc4)nccc32)C(O)C1O. The number of nitrogens with zero attached hydrogens (tertiary/aromatic N) is 3. The van der Waals surface area contributed by atoms with Crippen molar-refractivity contribution < 1.29 is 20.1 Å². The van der Waals surface area contributed by atoms with Gasteiger partial charge in [-0.2, -0.15) is 0 Å². The third-order valence-corrected chi connectivity index (χ3v) is 4.59. The van der Waals surface area contributed by atoms with Crippen molar-refractivity contribution in [3.05, 3.63) is 54.5 Å². The molecule has 0 bridgehead atoms. The molecule has 0 spiro atoms. The number of hydrogen-bond donors (Lipinski definition) is 4. The van der Waals surface area contributed by atoms with E-state index < -0.39 is 24.5 Å². The van der Waals surface area contributed by atoms with Crippen LogP contribution in [0.4, 0.5) is 5.82 Å². The van der Waals surface area contributed by atoms with Gasteiger partial charge in [-0.3, -0.25) is 0 Å². The number of aliphatic hydroxyl groups is 3. The molecule has 0 amide bonds. The molecule has 8 heteroatoms. The van der Waals surface area contributed by atoms with Crippen LogP contribution in [0.1, 0.15) is 11.8 Å². The highest BCUT2D eigenvalue weighted by molar-refractivity contribution is 5.85. The highest BCUT2D eigenvalue weighted by Crippen LogP contribution is 2.32. The summed E-state index contributed by atoms with van der Waals surface area (Å²) in [6.07, 6.45) is -0.768. The summed E-state index contributed by atoms with van der Waals surface area (Å²) in [6.45, 7) is 0.237. The molecule has 1 aliphatic rings. The number of nitrogens with one attached hydrogen (secondary N) is 1. The average molecular weight is 356 g/mol. The van der Waals surface area contributed by atoms with E-state index in [4.69, 9.17) is 4.74 Å². The van der Waals surface area contributed by atoms with Crippen molar-refractivity contribution in [2.24, 2.45) is 0 Å². The summed E-state index contributed by atoms with van der Waals surface area (Å²) in [7, 11) is 0. The second kappa shape index (κ2) is 7.00. The number of hydrogen-bond acceptors (Lipinski definition) is 7. The maximum absolute atomic E-state index is 10.2. The Morgan fingerprint density at radius 3 is 2.62 bits per heavy atom. The largest absolute Gasteiger partial charge is 0.394 e. The first-order chi connectivity index (χ1) is 12.7. The van der Waals surface area contributed by atoms with E-state index in [1.54, 1.807) is 23.2 Å². The van der Waals surface area contributed by atoms with Gasteiger partial charge in [0.25, 0.3) is 0 Å². The smallest absolute Gasteiger partial charge is 0.164 e. The number of anilines is 1. The zero-order chi connectivity index (χ0) is 18.1. The van der Waals surface area contributed by atoms with Gasteiger partial charge in [-0.25, -0.2) is 9.97 Å². The van der Waals surface area contributed by atoms with E-state index >= 15 is 0 Å². The van der Waals surface area contributed by atoms with Crippen molar-refractivity contribution in [1.29, 1.82) is 0 Å². The molecule has 1 aromatic carbocycles. The van der Waals surface area contributed by atoms with Gasteiger partial charge in [0.1, 0.15) is 23.8 Å². The Kier molecular flexibility index (Phi) is 4.56. The highest BCUT2D eigenvalue weighted by atomic mass is 16.6. The summed E-state index contributed by atoms with van der Waals surface area (Å²) in [5, 5.41) is 32.7. The quantitative estimate of drug-likeness (QED) is 0.531. The Bertz CT molecular complexity index is 885. The number of benzene rings is 1. The first-order valence-corrected chi connectivity index (χ1v) is 8.41. The Morgan fingerprint density at radius 2 is 1.88 bits per heavy atom. The van der Waals surface area contributed by atoms with E-state index in [9.17, 15) is 15.3 Å². The average Bonchev–Trinajstić information content (AvgIpc) is 3.23. The van der Waals surface area contributed by atoms with Gasteiger partial charge in [0.2, 0.25) is 0 Å². The zero-order valence-electron chi connectivity index (χ0n) is 13.9. The fraction of sp³-hybridized carbons (Fsp3) is 0.333. The minimum atomic E-state index is -1.15. The van der Waals surface area contributed by atoms with E-state index in [1.807, 2.05) is 30.3 Å². The molecule has 4 N–H and O–H groups in total. The van der Waals surface area contributed by atoms with Crippen molar-refractivity contribution in [2.75, 3.05) is 11.9 Å². The maximum Gasteiger partial charge on any atom is 0.164 e. The van der Waals surface area contributed by atoms with Crippen molar-refractivity contribution in [3.8, 4) is 0 Å². The first-order valence-electron chi connectivity index (χ1n) is 8.41. The standard InChI is InChI=1S/C18H20N4O4/c23-9-13-15(24)16(25)18(26-13)22-10-21-14-12(22)6-7-19-17(14)20-8-11-4-2-1-3-5-11/h1-7,10,13,15-16,18,23-25H,8-9H2,(H,19,20)/t13-,15?,16?,18?/m1/s1. The van der Waals surface area contributed by atoms with Crippen LogP contribution in [0.2, 0.25) is 0 Å². The van der Waals surface area contributed by atoms with Crippen molar-refractivity contribution in [2.45, 2.75) is 31.1 Å². The van der Waals surface area contributed by atoms with Crippen molar-refractivity contribution in [3.63, 3.8) is 0 Å². The van der Waals surface area contributed by atoms with Crippen molar-refractivity contribution >= 4 is 16.9 Å². The van der Waals surface area contributed by atoms with Crippen molar-refractivity contribution in [1.82, 2.24) is 14.5 Å². The van der Waals surface area contributed by atoms with Crippen LogP contribution in [0, 0.1) is 0 Å². The molecule has 26 heavy (non-hydrogen) atoms. The topological polar surface area (TPSA) is 113 Å². The summed E-state index contributed by atoms with van der Waals surface area (Å²) < 4.78 is 7.24. The third kappa shape index (κ3) is 2.93. The van der Waals surface area contributed by atoms with Gasteiger partial charge in [-0.15, -0.1) is 0 Å². The second-order valence-electron chi connectivity index (χ2n) is 6.25. The van der Waals surface area contributed by atoms with Gasteiger partial charge in [-0.05, 0) is 11.6 Å². The summed E-state index contributed by atoms with van der Waals surface area (Å²) in [4.78, 5) is 8.74.